The minimum Gasteiger partial charge on any atom is -0.307 e. The molecule has 0 aromatic heterocycles. The first-order valence-electron chi connectivity index (χ1n) is 1.03. The fourth-order valence-electron chi connectivity index (χ4n) is 0. The lowest BCUT2D eigenvalue weighted by Crippen LogP contribution is -1.22. The van der Waals surface area contributed by atoms with Crippen molar-refractivity contribution in [1.29, 1.82) is 0 Å². The summed E-state index contributed by atoms with van der Waals surface area (Å²) < 4.78 is 0. The molecule has 0 rings (SSSR count). The van der Waals surface area contributed by atoms with Crippen LogP contribution in [0.25, 0.3) is 0 Å². The lowest BCUT2D eigenvalue weighted by Gasteiger charge is -0.945. The third-order valence-electron chi connectivity index (χ3n) is 0. The molecule has 0 aromatic carbocycles. The molecular formula is C4H4O3. The zero-order chi connectivity index (χ0) is 6.71. The largest absolute Gasteiger partial charge is 0.373 e. The van der Waals surface area contributed by atoms with Crippen molar-refractivity contribution in [3.63, 3.8) is 0 Å². The van der Waals surface area contributed by atoms with Gasteiger partial charge in [0.05, 0.1) is 0 Å². The van der Waals surface area contributed by atoms with Crippen LogP contribution in [0.2, 0.25) is 0 Å². The Labute approximate surface area is 41.3 Å². The molecular weight excluding hydrogens is 96.0 g/mol. The molecule has 0 spiro atoms. The quantitative estimate of drug-likeness (QED) is 0.385. The summed E-state index contributed by atoms with van der Waals surface area (Å²) in [5.41, 5.74) is 0. The molecule has 0 aliphatic carbocycles. The molecule has 0 aromatic rings. The van der Waals surface area contributed by atoms with Crippen LogP contribution in [0.3, 0.4) is 0 Å². The van der Waals surface area contributed by atoms with E-state index in [-0.39, 0.29) is 6.15 Å². The number of rotatable bonds is 0. The minimum absolute atomic E-state index is 0.250. The first kappa shape index (κ1) is 17.5. The molecule has 0 aliphatic rings. The molecule has 0 amide bonds. The van der Waals surface area contributed by atoms with Crippen molar-refractivity contribution in [2.45, 2.75) is 0 Å². The van der Waals surface area contributed by atoms with Gasteiger partial charge in [0.1, 0.15) is 6.79 Å². The van der Waals surface area contributed by atoms with Crippen LogP contribution in [-0.2, 0) is 14.4 Å². The average molecular weight is 100 g/mol. The van der Waals surface area contributed by atoms with Crippen LogP contribution in [0.1, 0.15) is 0 Å². The number of hydrogen-bond acceptors (Lipinski definition) is 3. The summed E-state index contributed by atoms with van der Waals surface area (Å²) in [4.78, 5) is 24.2. The number of hydrogen-bond donors (Lipinski definition) is 0. The topological polar surface area (TPSA) is 51.2 Å². The van der Waals surface area contributed by atoms with Gasteiger partial charge in [0.15, 0.2) is 0 Å². The first-order chi connectivity index (χ1) is 3.41. The highest BCUT2D eigenvalue weighted by Crippen LogP contribution is 0.787. The Morgan fingerprint density at radius 2 is 1.14 bits per heavy atom. The van der Waals surface area contributed by atoms with E-state index in [9.17, 15) is 0 Å². The monoisotopic (exact) mass is 100 g/mol. The van der Waals surface area contributed by atoms with Crippen molar-refractivity contribution in [1.82, 2.24) is 0 Å². The highest BCUT2D eigenvalue weighted by atomic mass is 16.2. The Morgan fingerprint density at radius 3 is 1.14 bits per heavy atom. The minimum atomic E-state index is 0.250. The molecule has 0 unspecified atom stereocenters. The van der Waals surface area contributed by atoms with Crippen molar-refractivity contribution in [3.05, 3.63) is 0 Å². The predicted octanol–water partition coefficient (Wildman–Crippen LogP) is -0.519. The Morgan fingerprint density at radius 1 is 1.14 bits per heavy atom. The van der Waals surface area contributed by atoms with Crippen molar-refractivity contribution in [2.24, 2.45) is 0 Å². The van der Waals surface area contributed by atoms with Crippen LogP contribution in [0.4, 0.5) is 0 Å². The van der Waals surface area contributed by atoms with E-state index in [0.29, 0.717) is 0 Å². The third kappa shape index (κ3) is 16.3. The van der Waals surface area contributed by atoms with Gasteiger partial charge in [-0.2, -0.15) is 9.59 Å². The van der Waals surface area contributed by atoms with E-state index in [1.807, 2.05) is 6.79 Å². The van der Waals surface area contributed by atoms with Gasteiger partial charge in [0, 0.05) is 0 Å². The molecule has 3 nitrogen and oxygen atoms in total. The van der Waals surface area contributed by atoms with Crippen LogP contribution in [0.15, 0.2) is 0 Å². The van der Waals surface area contributed by atoms with E-state index in [2.05, 4.69) is 12.8 Å². The smallest absolute Gasteiger partial charge is 0.307 e. The highest BCUT2D eigenvalue weighted by molar-refractivity contribution is 5.20. The van der Waals surface area contributed by atoms with Gasteiger partial charge in [0.25, 0.3) is 0 Å². The maximum Gasteiger partial charge on any atom is 0.373 e. The SMILES string of the molecule is C#C.C=O.O=C=O. The van der Waals surface area contributed by atoms with E-state index in [1.54, 1.807) is 0 Å². The fraction of sp³-hybridized carbons (Fsp3) is 0. The summed E-state index contributed by atoms with van der Waals surface area (Å²) in [6.07, 6.45) is 8.25. The summed E-state index contributed by atoms with van der Waals surface area (Å²) in [6.45, 7) is 2.00. The maximum atomic E-state index is 8.12. The Bertz CT molecular complexity index is 58.6. The molecule has 0 N–H and O–H groups in total. The van der Waals surface area contributed by atoms with Crippen LogP contribution in [0.5, 0.6) is 0 Å². The number of carbonyl (C=O) groups is 1. The molecule has 0 aliphatic heterocycles. The Balaban J connectivity index is -0.0000000360. The fourth-order valence-corrected chi connectivity index (χ4v) is 0. The molecule has 0 saturated heterocycles. The van der Waals surface area contributed by atoms with Gasteiger partial charge in [-0.05, 0) is 0 Å². The summed E-state index contributed by atoms with van der Waals surface area (Å²) >= 11 is 0. The predicted molar refractivity (Wildman–Crippen MR) is 22.0 cm³/mol. The van der Waals surface area contributed by atoms with Gasteiger partial charge in [-0.3, -0.25) is 0 Å². The Kier molecular flexibility index (Phi) is 988. The van der Waals surface area contributed by atoms with Crippen molar-refractivity contribution >= 4 is 12.9 Å². The molecule has 0 radical (unpaired) electrons. The van der Waals surface area contributed by atoms with E-state index in [1.165, 1.54) is 0 Å². The molecule has 0 fully saturated rings. The maximum absolute atomic E-state index is 8.12. The molecule has 7 heavy (non-hydrogen) atoms. The standard InChI is InChI=1S/C2H2.CO2.CH2O/c1-2;2-1-3;1-2/h1-2H;;1H2. The molecule has 0 heterocycles. The van der Waals surface area contributed by atoms with Gasteiger partial charge in [-0.1, -0.05) is 0 Å². The molecule has 3 heteroatoms. The second kappa shape index (κ2) is 395. The van der Waals surface area contributed by atoms with Gasteiger partial charge in [-0.25, -0.2) is 0 Å². The van der Waals surface area contributed by atoms with Crippen LogP contribution >= 0.6 is 0 Å². The number of carbonyl (C=O) groups excluding carboxylic acids is 3. The molecule has 0 bridgehead atoms. The molecule has 0 atom stereocenters. The second-order valence-electron chi connectivity index (χ2n) is 0.0833. The van der Waals surface area contributed by atoms with E-state index in [4.69, 9.17) is 14.4 Å². The van der Waals surface area contributed by atoms with Crippen LogP contribution < -0.4 is 0 Å². The summed E-state index contributed by atoms with van der Waals surface area (Å²) in [5, 5.41) is 0. The summed E-state index contributed by atoms with van der Waals surface area (Å²) in [7, 11) is 0. The van der Waals surface area contributed by atoms with Crippen molar-refractivity contribution < 1.29 is 14.4 Å². The Hall–Kier alpha value is -1.39. The lowest BCUT2D eigenvalue weighted by atomic mass is 11.4. The van der Waals surface area contributed by atoms with Crippen LogP contribution in [-0.4, -0.2) is 12.9 Å². The highest BCUT2D eigenvalue weighted by Gasteiger charge is 1.13. The second-order valence-corrected chi connectivity index (χ2v) is 0.0833. The normalized spacial score (nSPS) is 2.00. The third-order valence-corrected chi connectivity index (χ3v) is 0. The average Bonchev–Trinajstić information content (AvgIpc) is 1.78. The van der Waals surface area contributed by atoms with Crippen molar-refractivity contribution in [3.8, 4) is 12.8 Å². The summed E-state index contributed by atoms with van der Waals surface area (Å²) in [5.74, 6) is 0. The molecule has 0 saturated carbocycles. The molecule has 38 valence electrons. The zero-order valence-corrected chi connectivity index (χ0v) is 3.59. The summed E-state index contributed by atoms with van der Waals surface area (Å²) in [6, 6.07) is 0. The van der Waals surface area contributed by atoms with Crippen LogP contribution in [0, 0.1) is 12.8 Å². The van der Waals surface area contributed by atoms with E-state index >= 15 is 0 Å². The van der Waals surface area contributed by atoms with Gasteiger partial charge < -0.3 is 4.79 Å². The van der Waals surface area contributed by atoms with Gasteiger partial charge >= 0.3 is 6.15 Å². The first-order valence-corrected chi connectivity index (χ1v) is 1.03. The van der Waals surface area contributed by atoms with Gasteiger partial charge in [0.2, 0.25) is 0 Å². The van der Waals surface area contributed by atoms with Crippen molar-refractivity contribution in [2.75, 3.05) is 0 Å². The van der Waals surface area contributed by atoms with E-state index in [0.717, 1.165) is 0 Å². The van der Waals surface area contributed by atoms with Gasteiger partial charge in [-0.15, -0.1) is 12.8 Å². The zero-order valence-electron chi connectivity index (χ0n) is 3.59. The number of terminal acetylenes is 1. The lowest BCUT2D eigenvalue weighted by molar-refractivity contribution is -0.191. The van der Waals surface area contributed by atoms with E-state index < -0.39 is 0 Å².